The highest BCUT2D eigenvalue weighted by Gasteiger charge is 2.30. The van der Waals surface area contributed by atoms with Gasteiger partial charge in [-0.1, -0.05) is 0 Å². The highest BCUT2D eigenvalue weighted by molar-refractivity contribution is 5.63. The van der Waals surface area contributed by atoms with Crippen LogP contribution in [0.15, 0.2) is 18.3 Å². The van der Waals surface area contributed by atoms with Crippen molar-refractivity contribution in [2.45, 2.75) is 37.4 Å². The lowest BCUT2D eigenvalue weighted by molar-refractivity contribution is 0.254. The third-order valence-electron chi connectivity index (χ3n) is 5.48. The molecule has 0 spiro atoms. The van der Waals surface area contributed by atoms with Crippen LogP contribution in [0.5, 0.6) is 5.75 Å². The van der Waals surface area contributed by atoms with Crippen molar-refractivity contribution in [3.05, 3.63) is 35.7 Å². The number of nitrogens with zero attached hydrogens (tertiary/aromatic N) is 4. The van der Waals surface area contributed by atoms with E-state index >= 15 is 0 Å². The summed E-state index contributed by atoms with van der Waals surface area (Å²) in [6, 6.07) is 2.18. The van der Waals surface area contributed by atoms with Gasteiger partial charge in [-0.3, -0.25) is 0 Å². The zero-order chi connectivity index (χ0) is 20.8. The van der Waals surface area contributed by atoms with Crippen LogP contribution in [-0.4, -0.2) is 52.0 Å². The molecule has 2 fully saturated rings. The van der Waals surface area contributed by atoms with Gasteiger partial charge < -0.3 is 15.4 Å². The number of piperidine rings is 1. The molecule has 1 saturated carbocycles. The van der Waals surface area contributed by atoms with Crippen LogP contribution in [0.25, 0.3) is 17.0 Å². The Morgan fingerprint density at radius 2 is 2.03 bits per heavy atom. The number of anilines is 1. The summed E-state index contributed by atoms with van der Waals surface area (Å²) in [5, 5.41) is 10.4. The minimum atomic E-state index is -1.03. The molecule has 2 aliphatic rings. The maximum Gasteiger partial charge on any atom is 0.168 e. The maximum atomic E-state index is 14.7. The fourth-order valence-corrected chi connectivity index (χ4v) is 3.82. The highest BCUT2D eigenvalue weighted by atomic mass is 19.1. The zero-order valence-corrected chi connectivity index (χ0v) is 16.3. The van der Waals surface area contributed by atoms with E-state index in [4.69, 9.17) is 4.74 Å². The highest BCUT2D eigenvalue weighted by Crippen LogP contribution is 2.43. The Morgan fingerprint density at radius 1 is 1.20 bits per heavy atom. The van der Waals surface area contributed by atoms with Gasteiger partial charge in [0.2, 0.25) is 0 Å². The third kappa shape index (κ3) is 3.45. The van der Waals surface area contributed by atoms with E-state index in [-0.39, 0.29) is 30.5 Å². The Balaban J connectivity index is 1.55. The van der Waals surface area contributed by atoms with Gasteiger partial charge in [-0.05, 0) is 12.8 Å². The summed E-state index contributed by atoms with van der Waals surface area (Å²) in [7, 11) is 1.57. The number of nitrogens with one attached hydrogen (secondary N) is 2. The smallest absolute Gasteiger partial charge is 0.168 e. The molecule has 158 valence electrons. The number of alkyl halides is 1. The molecule has 4 heterocycles. The van der Waals surface area contributed by atoms with Crippen molar-refractivity contribution >= 4 is 11.5 Å². The minimum absolute atomic E-state index is 0.0774. The van der Waals surface area contributed by atoms with Gasteiger partial charge in [0.25, 0.3) is 0 Å². The Kier molecular flexibility index (Phi) is 4.73. The number of halogens is 3. The summed E-state index contributed by atoms with van der Waals surface area (Å²) in [5.74, 6) is -0.842. The number of hydrogen-bond donors (Lipinski definition) is 2. The van der Waals surface area contributed by atoms with Crippen molar-refractivity contribution in [3.63, 3.8) is 0 Å². The normalized spacial score (nSPS) is 21.7. The second-order valence-electron chi connectivity index (χ2n) is 7.77. The summed E-state index contributed by atoms with van der Waals surface area (Å²) < 4.78 is 49.6. The molecule has 5 rings (SSSR count). The monoisotopic (exact) mass is 418 g/mol. The largest absolute Gasteiger partial charge is 0.495 e. The molecule has 0 aromatic carbocycles. The topological polar surface area (TPSA) is 76.4 Å². The average Bonchev–Trinajstić information content (AvgIpc) is 3.49. The Labute approximate surface area is 170 Å². The Hall–Kier alpha value is -2.88. The predicted octanol–water partition coefficient (Wildman–Crippen LogP) is 3.07. The first-order chi connectivity index (χ1) is 14.5. The van der Waals surface area contributed by atoms with Crippen LogP contribution in [0.1, 0.15) is 30.9 Å². The molecule has 30 heavy (non-hydrogen) atoms. The van der Waals surface area contributed by atoms with Gasteiger partial charge in [0, 0.05) is 43.6 Å². The van der Waals surface area contributed by atoms with E-state index in [2.05, 4.69) is 25.7 Å². The molecule has 0 amide bonds. The number of fused-ring (bicyclic) bond motifs is 1. The molecule has 3 aromatic heterocycles. The van der Waals surface area contributed by atoms with Gasteiger partial charge in [0.05, 0.1) is 13.3 Å². The van der Waals surface area contributed by atoms with E-state index in [1.165, 1.54) is 10.7 Å². The Morgan fingerprint density at radius 3 is 2.77 bits per heavy atom. The van der Waals surface area contributed by atoms with Crippen LogP contribution in [0.3, 0.4) is 0 Å². The number of ether oxygens (including phenoxy) is 1. The molecule has 2 unspecified atom stereocenters. The zero-order valence-electron chi connectivity index (χ0n) is 16.3. The van der Waals surface area contributed by atoms with Crippen LogP contribution in [0.4, 0.5) is 19.0 Å². The maximum absolute atomic E-state index is 14.7. The second kappa shape index (κ2) is 7.42. The van der Waals surface area contributed by atoms with Crippen LogP contribution in [-0.2, 0) is 0 Å². The van der Waals surface area contributed by atoms with Crippen LogP contribution >= 0.6 is 0 Å². The molecule has 2 atom stereocenters. The number of pyridine rings is 1. The number of imidazole rings is 1. The minimum Gasteiger partial charge on any atom is -0.495 e. The van der Waals surface area contributed by atoms with Gasteiger partial charge >= 0.3 is 0 Å². The average molecular weight is 418 g/mol. The molecule has 3 aromatic rings. The van der Waals surface area contributed by atoms with E-state index in [1.807, 2.05) is 0 Å². The fraction of sp³-hybridized carbons (Fsp3) is 0.450. The van der Waals surface area contributed by atoms with Crippen molar-refractivity contribution < 1.29 is 17.9 Å². The molecule has 0 radical (unpaired) electrons. The van der Waals surface area contributed by atoms with Gasteiger partial charge in [-0.15, -0.1) is 0 Å². The van der Waals surface area contributed by atoms with E-state index < -0.39 is 17.8 Å². The van der Waals surface area contributed by atoms with Crippen molar-refractivity contribution in [1.82, 2.24) is 24.9 Å². The van der Waals surface area contributed by atoms with Crippen LogP contribution in [0.2, 0.25) is 0 Å². The first kappa shape index (κ1) is 19.1. The lowest BCUT2D eigenvalue weighted by Crippen LogP contribution is -2.44. The number of hydrogen-bond acceptors (Lipinski definition) is 6. The summed E-state index contributed by atoms with van der Waals surface area (Å²) in [5.41, 5.74) is 1.49. The van der Waals surface area contributed by atoms with Gasteiger partial charge in [0.1, 0.15) is 29.0 Å². The van der Waals surface area contributed by atoms with Gasteiger partial charge in [-0.2, -0.15) is 5.10 Å². The van der Waals surface area contributed by atoms with Crippen molar-refractivity contribution in [2.24, 2.45) is 0 Å². The third-order valence-corrected chi connectivity index (χ3v) is 5.48. The molecule has 0 bridgehead atoms. The molecule has 2 N–H and O–H groups in total. The first-order valence-corrected chi connectivity index (χ1v) is 9.94. The number of methoxy groups -OCH3 is 1. The van der Waals surface area contributed by atoms with Crippen LogP contribution < -0.4 is 15.4 Å². The molecule has 10 heteroatoms. The first-order valence-electron chi connectivity index (χ1n) is 9.94. The van der Waals surface area contributed by atoms with E-state index in [9.17, 15) is 13.2 Å². The van der Waals surface area contributed by atoms with Gasteiger partial charge in [-0.25, -0.2) is 27.7 Å². The van der Waals surface area contributed by atoms with E-state index in [0.29, 0.717) is 29.6 Å². The summed E-state index contributed by atoms with van der Waals surface area (Å²) in [6.45, 7) is 0.735. The van der Waals surface area contributed by atoms with E-state index in [1.54, 1.807) is 13.2 Å². The van der Waals surface area contributed by atoms with Crippen molar-refractivity contribution in [3.8, 4) is 17.1 Å². The van der Waals surface area contributed by atoms with E-state index in [0.717, 1.165) is 24.6 Å². The second-order valence-corrected chi connectivity index (χ2v) is 7.77. The molecular weight excluding hydrogens is 397 g/mol. The molecular formula is C20H21F3N6O. The van der Waals surface area contributed by atoms with Crippen LogP contribution in [0, 0.1) is 11.6 Å². The number of aromatic nitrogens is 4. The molecule has 1 saturated heterocycles. The lowest BCUT2D eigenvalue weighted by Gasteiger charge is -2.27. The summed E-state index contributed by atoms with van der Waals surface area (Å²) in [6.07, 6.45) is 2.67. The summed E-state index contributed by atoms with van der Waals surface area (Å²) in [4.78, 5) is 8.46. The predicted molar refractivity (Wildman–Crippen MR) is 104 cm³/mol. The Bertz CT molecular complexity index is 1100. The quantitative estimate of drug-likeness (QED) is 0.663. The molecule has 1 aliphatic heterocycles. The van der Waals surface area contributed by atoms with Crippen molar-refractivity contribution in [2.75, 3.05) is 25.5 Å². The summed E-state index contributed by atoms with van der Waals surface area (Å²) >= 11 is 0. The lowest BCUT2D eigenvalue weighted by atomic mass is 10.1. The van der Waals surface area contributed by atoms with Crippen molar-refractivity contribution in [1.29, 1.82) is 0 Å². The SMILES string of the molecule is COc1cc2ncc(-c3nc(NC4CNCC(F)C4)c(F)cc3F)n2nc1C1CC1. The molecule has 7 nitrogen and oxygen atoms in total. The molecule has 1 aliphatic carbocycles. The van der Waals surface area contributed by atoms with Gasteiger partial charge in [0.15, 0.2) is 23.1 Å². The number of rotatable bonds is 5. The standard InChI is InChI=1S/C20H21F3N6O/c1-30-16-6-17-25-9-15(29(17)28-18(16)10-2-3-10)19-13(22)5-14(23)20(27-19)26-12-4-11(21)7-24-8-12/h5-6,9-12,24H,2-4,7-8H2,1H3,(H,26,27). The fourth-order valence-electron chi connectivity index (χ4n) is 3.82.